The monoisotopic (exact) mass is 365 g/mol. The van der Waals surface area contributed by atoms with Crippen LogP contribution < -0.4 is 11.0 Å². The van der Waals surface area contributed by atoms with Crippen molar-refractivity contribution in [2.24, 2.45) is 0 Å². The summed E-state index contributed by atoms with van der Waals surface area (Å²) < 4.78 is 1.14. The normalized spacial score (nSPS) is 14.4. The van der Waals surface area contributed by atoms with Gasteiger partial charge in [0.1, 0.15) is 0 Å². The van der Waals surface area contributed by atoms with E-state index in [2.05, 4.69) is 57.2 Å². The first-order valence-electron chi connectivity index (χ1n) is 6.76. The maximum atomic E-state index is 11.3. The smallest absolute Gasteiger partial charge is 0.306 e. The van der Waals surface area contributed by atoms with Crippen LogP contribution in [-0.2, 0) is 0 Å². The quantitative estimate of drug-likeness (QED) is 0.651. The third-order valence-electron chi connectivity index (χ3n) is 3.56. The van der Waals surface area contributed by atoms with E-state index in [-0.39, 0.29) is 17.8 Å². The second-order valence-corrected chi connectivity index (χ2v) is 7.63. The van der Waals surface area contributed by atoms with Gasteiger partial charge in [-0.05, 0) is 59.6 Å². The van der Waals surface area contributed by atoms with Gasteiger partial charge in [0, 0.05) is 17.0 Å². The maximum Gasteiger partial charge on any atom is 0.323 e. The highest BCUT2D eigenvalue weighted by molar-refractivity contribution is 9.11. The van der Waals surface area contributed by atoms with E-state index in [1.165, 1.54) is 4.88 Å². The summed E-state index contributed by atoms with van der Waals surface area (Å²) in [5.41, 5.74) is 2.67. The lowest BCUT2D eigenvalue weighted by Crippen LogP contribution is -2.21. The van der Waals surface area contributed by atoms with Crippen LogP contribution in [0.4, 0.5) is 0 Å². The summed E-state index contributed by atoms with van der Waals surface area (Å²) in [5, 5.41) is 3.58. The minimum absolute atomic E-state index is 0.167. The lowest BCUT2D eigenvalue weighted by atomic mass is 10.1. The van der Waals surface area contributed by atoms with Gasteiger partial charge in [-0.1, -0.05) is 6.07 Å². The number of hydrogen-bond donors (Lipinski definition) is 3. The van der Waals surface area contributed by atoms with Crippen molar-refractivity contribution in [1.82, 2.24) is 15.3 Å². The van der Waals surface area contributed by atoms with Crippen molar-refractivity contribution < 1.29 is 0 Å². The second kappa shape index (κ2) is 5.79. The van der Waals surface area contributed by atoms with Crippen LogP contribution in [0.1, 0.15) is 36.4 Å². The molecule has 110 valence electrons. The number of fused-ring (bicyclic) bond motifs is 1. The lowest BCUT2D eigenvalue weighted by Gasteiger charge is -2.19. The summed E-state index contributed by atoms with van der Waals surface area (Å²) in [7, 11) is 0. The molecule has 0 aliphatic heterocycles. The van der Waals surface area contributed by atoms with E-state index >= 15 is 0 Å². The molecule has 0 saturated heterocycles. The molecular formula is C15H16BrN3OS. The zero-order valence-corrected chi connectivity index (χ0v) is 14.1. The first-order chi connectivity index (χ1) is 10.0. The number of halogens is 1. The van der Waals surface area contributed by atoms with Crippen LogP contribution in [0.3, 0.4) is 0 Å². The van der Waals surface area contributed by atoms with Crippen LogP contribution in [0.2, 0.25) is 0 Å². The zero-order chi connectivity index (χ0) is 15.0. The first kappa shape index (κ1) is 14.6. The summed E-state index contributed by atoms with van der Waals surface area (Å²) in [4.78, 5) is 18.2. The van der Waals surface area contributed by atoms with Crippen molar-refractivity contribution in [3.8, 4) is 0 Å². The third-order valence-corrected chi connectivity index (χ3v) is 5.37. The molecule has 4 nitrogen and oxygen atoms in total. The van der Waals surface area contributed by atoms with Crippen LogP contribution in [0.25, 0.3) is 11.0 Å². The van der Waals surface area contributed by atoms with Gasteiger partial charge < -0.3 is 15.3 Å². The highest BCUT2D eigenvalue weighted by atomic mass is 79.9. The SMILES string of the molecule is CC(NC(C)c1ccc(Br)s1)c1ccc2[nH]c(=O)[nH]c2c1. The molecule has 3 aromatic rings. The van der Waals surface area contributed by atoms with Crippen molar-refractivity contribution in [2.75, 3.05) is 0 Å². The van der Waals surface area contributed by atoms with Crippen molar-refractivity contribution in [3.05, 3.63) is 55.0 Å². The molecule has 0 aliphatic carbocycles. The number of thiophene rings is 1. The number of hydrogen-bond acceptors (Lipinski definition) is 3. The van der Waals surface area contributed by atoms with Crippen molar-refractivity contribution in [3.63, 3.8) is 0 Å². The van der Waals surface area contributed by atoms with E-state index in [4.69, 9.17) is 0 Å². The van der Waals surface area contributed by atoms with E-state index in [1.807, 2.05) is 18.2 Å². The fourth-order valence-corrected chi connectivity index (χ4v) is 3.87. The molecular weight excluding hydrogens is 350 g/mol. The molecule has 0 saturated carbocycles. The van der Waals surface area contributed by atoms with Crippen LogP contribution >= 0.6 is 27.3 Å². The molecule has 0 radical (unpaired) electrons. The number of aromatic nitrogens is 2. The molecule has 0 fully saturated rings. The van der Waals surface area contributed by atoms with Crippen LogP contribution in [0, 0.1) is 0 Å². The Morgan fingerprint density at radius 2 is 1.86 bits per heavy atom. The average molecular weight is 366 g/mol. The molecule has 0 amide bonds. The predicted molar refractivity (Wildman–Crippen MR) is 90.9 cm³/mol. The van der Waals surface area contributed by atoms with Gasteiger partial charge in [0.05, 0.1) is 14.8 Å². The van der Waals surface area contributed by atoms with Gasteiger partial charge in [-0.2, -0.15) is 0 Å². The number of imidazole rings is 1. The third kappa shape index (κ3) is 3.12. The van der Waals surface area contributed by atoms with Crippen LogP contribution in [0.15, 0.2) is 38.9 Å². The minimum Gasteiger partial charge on any atom is -0.306 e. The van der Waals surface area contributed by atoms with Crippen LogP contribution in [0.5, 0.6) is 0 Å². The van der Waals surface area contributed by atoms with E-state index in [0.717, 1.165) is 20.4 Å². The summed E-state index contributed by atoms with van der Waals surface area (Å²) >= 11 is 5.24. The Bertz CT molecular complexity index is 820. The fraction of sp³-hybridized carbons (Fsp3) is 0.267. The van der Waals surface area contributed by atoms with Gasteiger partial charge in [0.2, 0.25) is 0 Å². The Balaban J connectivity index is 1.79. The minimum atomic E-state index is -0.167. The van der Waals surface area contributed by atoms with Gasteiger partial charge >= 0.3 is 5.69 Å². The highest BCUT2D eigenvalue weighted by Crippen LogP contribution is 2.29. The molecule has 2 heterocycles. The van der Waals surface area contributed by atoms with E-state index in [1.54, 1.807) is 11.3 Å². The lowest BCUT2D eigenvalue weighted by molar-refractivity contribution is 0.500. The molecule has 2 atom stereocenters. The Morgan fingerprint density at radius 1 is 1.10 bits per heavy atom. The molecule has 3 N–H and O–H groups in total. The molecule has 2 unspecified atom stereocenters. The predicted octanol–water partition coefficient (Wildman–Crippen LogP) is 4.09. The number of rotatable bonds is 4. The van der Waals surface area contributed by atoms with Crippen molar-refractivity contribution in [2.45, 2.75) is 25.9 Å². The van der Waals surface area contributed by atoms with Crippen molar-refractivity contribution >= 4 is 38.3 Å². The molecule has 0 bridgehead atoms. The van der Waals surface area contributed by atoms with Gasteiger partial charge in [0.15, 0.2) is 0 Å². The van der Waals surface area contributed by atoms with E-state index < -0.39 is 0 Å². The maximum absolute atomic E-state index is 11.3. The Morgan fingerprint density at radius 3 is 2.57 bits per heavy atom. The number of H-pyrrole nitrogens is 2. The average Bonchev–Trinajstić information content (AvgIpc) is 3.02. The molecule has 1 aromatic carbocycles. The molecule has 2 aromatic heterocycles. The van der Waals surface area contributed by atoms with Gasteiger partial charge in [-0.15, -0.1) is 11.3 Å². The number of nitrogens with one attached hydrogen (secondary N) is 3. The van der Waals surface area contributed by atoms with Gasteiger partial charge in [-0.3, -0.25) is 0 Å². The van der Waals surface area contributed by atoms with Crippen LogP contribution in [-0.4, -0.2) is 9.97 Å². The summed E-state index contributed by atoms with van der Waals surface area (Å²) in [6.07, 6.45) is 0. The fourth-order valence-electron chi connectivity index (χ4n) is 2.43. The topological polar surface area (TPSA) is 60.7 Å². The van der Waals surface area contributed by atoms with E-state index in [0.29, 0.717) is 0 Å². The molecule has 21 heavy (non-hydrogen) atoms. The van der Waals surface area contributed by atoms with Gasteiger partial charge in [-0.25, -0.2) is 4.79 Å². The van der Waals surface area contributed by atoms with Gasteiger partial charge in [0.25, 0.3) is 0 Å². The number of aromatic amines is 2. The zero-order valence-electron chi connectivity index (χ0n) is 11.7. The molecule has 0 aliphatic rings. The molecule has 3 rings (SSSR count). The van der Waals surface area contributed by atoms with Crippen molar-refractivity contribution in [1.29, 1.82) is 0 Å². The summed E-state index contributed by atoms with van der Waals surface area (Å²) in [5.74, 6) is 0. The summed E-state index contributed by atoms with van der Waals surface area (Å²) in [6.45, 7) is 4.29. The second-order valence-electron chi connectivity index (χ2n) is 5.14. The summed E-state index contributed by atoms with van der Waals surface area (Å²) in [6, 6.07) is 10.7. The molecule has 6 heteroatoms. The Kier molecular flexibility index (Phi) is 4.01. The van der Waals surface area contributed by atoms with E-state index in [9.17, 15) is 4.79 Å². The first-order valence-corrected chi connectivity index (χ1v) is 8.37. The Labute approximate surface area is 134 Å². The Hall–Kier alpha value is -1.37. The highest BCUT2D eigenvalue weighted by Gasteiger charge is 2.13. The molecule has 0 spiro atoms. The number of benzene rings is 1. The standard InChI is InChI=1S/C15H16BrN3OS/c1-8(17-9(2)13-5-6-14(16)21-13)10-3-4-11-12(7-10)19-15(20)18-11/h3-9,17H,1-2H3,(H2,18,19,20). The largest absolute Gasteiger partial charge is 0.323 e.